The zero-order valence-corrected chi connectivity index (χ0v) is 34.1. The second-order valence-corrected chi connectivity index (χ2v) is 19.2. The van der Waals surface area contributed by atoms with Crippen molar-refractivity contribution in [3.8, 4) is 32.0 Å². The number of hydrogen-bond acceptors (Lipinski definition) is 7. The molecule has 56 heavy (non-hydrogen) atoms. The Morgan fingerprint density at radius 3 is 1.66 bits per heavy atom. The van der Waals surface area contributed by atoms with Crippen LogP contribution in [0.5, 0.6) is 0 Å². The van der Waals surface area contributed by atoms with E-state index in [-0.39, 0.29) is 35.7 Å². The average molecular weight is 790 g/mol. The molecule has 5 aliphatic rings. The summed E-state index contributed by atoms with van der Waals surface area (Å²) < 4.78 is 0. The van der Waals surface area contributed by atoms with Crippen LogP contribution in [0.2, 0.25) is 0 Å². The Hall–Kier alpha value is -3.89. The maximum Gasteiger partial charge on any atom is 0.246 e. The number of aromatic nitrogens is 2. The van der Waals surface area contributed by atoms with Gasteiger partial charge in [0.2, 0.25) is 17.7 Å². The molecule has 3 aliphatic carbocycles. The van der Waals surface area contributed by atoms with Crippen LogP contribution >= 0.6 is 22.7 Å². The summed E-state index contributed by atoms with van der Waals surface area (Å²) >= 11 is 3.41. The minimum atomic E-state index is -0.417. The van der Waals surface area contributed by atoms with E-state index < -0.39 is 6.04 Å². The summed E-state index contributed by atoms with van der Waals surface area (Å²) in [6.07, 6.45) is 22.2. The Labute approximate surface area is 339 Å². The highest BCUT2D eigenvalue weighted by Crippen LogP contribution is 2.41. The molecule has 4 aromatic rings. The Morgan fingerprint density at radius 1 is 0.607 bits per heavy atom. The van der Waals surface area contributed by atoms with E-state index in [9.17, 15) is 14.4 Å². The molecular weight excluding hydrogens is 735 g/mol. The summed E-state index contributed by atoms with van der Waals surface area (Å²) in [7, 11) is 0. The summed E-state index contributed by atoms with van der Waals surface area (Å²) in [5.41, 5.74) is 4.59. The second kappa shape index (κ2) is 16.9. The fraction of sp³-hybridized carbons (Fsp3) is 0.543. The van der Waals surface area contributed by atoms with Crippen LogP contribution in [-0.4, -0.2) is 56.6 Å². The van der Waals surface area contributed by atoms with Crippen molar-refractivity contribution in [1.82, 2.24) is 25.1 Å². The minimum Gasteiger partial charge on any atom is -0.344 e. The smallest absolute Gasteiger partial charge is 0.246 e. The van der Waals surface area contributed by atoms with Crippen LogP contribution in [-0.2, 0) is 14.4 Å². The third-order valence-corrected chi connectivity index (χ3v) is 15.5. The molecule has 10 heteroatoms. The normalized spacial score (nSPS) is 22.7. The van der Waals surface area contributed by atoms with E-state index in [1.807, 2.05) is 17.3 Å². The van der Waals surface area contributed by atoms with Crippen LogP contribution in [0, 0.1) is 17.8 Å². The number of rotatable bonds is 11. The molecule has 0 bridgehead atoms. The maximum absolute atomic E-state index is 14.2. The lowest BCUT2D eigenvalue weighted by Crippen LogP contribution is -2.52. The van der Waals surface area contributed by atoms with Crippen molar-refractivity contribution < 1.29 is 14.4 Å². The van der Waals surface area contributed by atoms with E-state index in [2.05, 4.69) is 58.7 Å². The highest BCUT2D eigenvalue weighted by atomic mass is 32.1. The van der Waals surface area contributed by atoms with Crippen LogP contribution < -0.4 is 5.32 Å². The van der Waals surface area contributed by atoms with Gasteiger partial charge in [0.25, 0.3) is 0 Å². The number of carbonyl (C=O) groups is 3. The van der Waals surface area contributed by atoms with Crippen molar-refractivity contribution in [2.45, 2.75) is 127 Å². The second-order valence-electron chi connectivity index (χ2n) is 17.1. The van der Waals surface area contributed by atoms with Crippen molar-refractivity contribution in [2.75, 3.05) is 13.1 Å². The summed E-state index contributed by atoms with van der Waals surface area (Å²) in [4.78, 5) is 56.5. The zero-order chi connectivity index (χ0) is 38.0. The van der Waals surface area contributed by atoms with Crippen LogP contribution in [0.25, 0.3) is 32.0 Å². The van der Waals surface area contributed by atoms with Gasteiger partial charge >= 0.3 is 0 Å². The van der Waals surface area contributed by atoms with Gasteiger partial charge in [0, 0.05) is 37.8 Å². The molecule has 8 nitrogen and oxygen atoms in total. The van der Waals surface area contributed by atoms with Gasteiger partial charge in [0.1, 0.15) is 16.1 Å². The Balaban J connectivity index is 0.837. The van der Waals surface area contributed by atoms with Gasteiger partial charge in [-0.1, -0.05) is 87.1 Å². The fourth-order valence-electron chi connectivity index (χ4n) is 9.81. The van der Waals surface area contributed by atoms with Crippen molar-refractivity contribution >= 4 is 40.4 Å². The molecular formula is C46H55N5O3S2. The van der Waals surface area contributed by atoms with E-state index in [0.717, 1.165) is 119 Å². The van der Waals surface area contributed by atoms with Gasteiger partial charge in [-0.15, -0.1) is 22.7 Å². The van der Waals surface area contributed by atoms with Crippen molar-refractivity contribution in [1.29, 1.82) is 0 Å². The molecule has 294 valence electrons. The summed E-state index contributed by atoms with van der Waals surface area (Å²) in [5.74, 6) is 1.36. The van der Waals surface area contributed by atoms with Gasteiger partial charge in [-0.2, -0.15) is 0 Å². The lowest BCUT2D eigenvalue weighted by Gasteiger charge is -2.34. The number of nitrogens with one attached hydrogen (secondary N) is 1. The standard InChI is InChI=1S/C46H55N5O3S2/c52-41(27-30-9-3-1-4-10-30)50-25-7-13-37(50)44-47-28-39(55-44)33-19-15-31(16-20-33)32-17-21-34(22-18-32)40-29-48-45(56-40)38-14-8-26-51(38)46(54)42(35-11-5-2-6-12-35)49-43(53)36-23-24-36/h15-22,28-30,35-38,42H,1-14,23-27H2,(H,49,53)/t37-,38-,42+/m0/s1. The van der Waals surface area contributed by atoms with E-state index in [1.165, 1.54) is 38.5 Å². The van der Waals surface area contributed by atoms with E-state index in [0.29, 0.717) is 18.2 Å². The third-order valence-electron chi connectivity index (χ3n) is 13.2. The molecule has 2 saturated heterocycles. The Kier molecular flexibility index (Phi) is 11.4. The van der Waals surface area contributed by atoms with Crippen LogP contribution in [0.1, 0.15) is 131 Å². The first-order valence-electron chi connectivity index (χ1n) is 21.5. The number of nitrogens with zero attached hydrogens (tertiary/aromatic N) is 4. The molecule has 1 N–H and O–H groups in total. The number of likely N-dealkylation sites (tertiary alicyclic amines) is 2. The molecule has 4 heterocycles. The molecule has 0 spiro atoms. The lowest BCUT2D eigenvalue weighted by molar-refractivity contribution is -0.139. The summed E-state index contributed by atoms with van der Waals surface area (Å²) in [6.45, 7) is 1.57. The Morgan fingerprint density at radius 2 is 1.11 bits per heavy atom. The number of hydrogen-bond donors (Lipinski definition) is 1. The molecule has 5 fully saturated rings. The van der Waals surface area contributed by atoms with Gasteiger partial charge in [-0.3, -0.25) is 14.4 Å². The Bertz CT molecular complexity index is 1990. The predicted molar refractivity (Wildman–Crippen MR) is 224 cm³/mol. The lowest BCUT2D eigenvalue weighted by atomic mass is 9.83. The van der Waals surface area contributed by atoms with Crippen LogP contribution in [0.3, 0.4) is 0 Å². The van der Waals surface area contributed by atoms with Crippen molar-refractivity contribution in [3.05, 3.63) is 70.9 Å². The van der Waals surface area contributed by atoms with Crippen molar-refractivity contribution in [3.63, 3.8) is 0 Å². The van der Waals surface area contributed by atoms with Gasteiger partial charge in [0.05, 0.1) is 21.8 Å². The van der Waals surface area contributed by atoms with Crippen LogP contribution in [0.4, 0.5) is 0 Å². The van der Waals surface area contributed by atoms with Crippen molar-refractivity contribution in [2.24, 2.45) is 17.8 Å². The molecule has 3 amide bonds. The highest BCUT2D eigenvalue weighted by molar-refractivity contribution is 7.15. The summed E-state index contributed by atoms with van der Waals surface area (Å²) in [6, 6.07) is 17.1. The molecule has 2 aromatic carbocycles. The largest absolute Gasteiger partial charge is 0.344 e. The average Bonchev–Trinajstić information content (AvgIpc) is 3.69. The quantitative estimate of drug-likeness (QED) is 0.163. The molecule has 2 aromatic heterocycles. The molecule has 0 radical (unpaired) electrons. The molecule has 9 rings (SSSR count). The number of carbonyl (C=O) groups excluding carboxylic acids is 3. The predicted octanol–water partition coefficient (Wildman–Crippen LogP) is 10.4. The SMILES string of the molecule is O=C(N[C@@H](C(=O)N1CCC[C@H]1c1ncc(-c2ccc(-c3ccc(-c4cnc([C@@H]5CCCN5C(=O)CC5CCCCC5)s4)cc3)cc2)s1)C1CCCCC1)C1CC1. The highest BCUT2D eigenvalue weighted by Gasteiger charge is 2.41. The zero-order valence-electron chi connectivity index (χ0n) is 32.5. The van der Waals surface area contributed by atoms with Gasteiger partial charge < -0.3 is 15.1 Å². The molecule has 3 saturated carbocycles. The van der Waals surface area contributed by atoms with E-state index in [1.54, 1.807) is 22.7 Å². The van der Waals surface area contributed by atoms with Gasteiger partial charge in [-0.25, -0.2) is 9.97 Å². The number of benzene rings is 2. The first kappa shape index (κ1) is 37.7. The maximum atomic E-state index is 14.2. The fourth-order valence-corrected chi connectivity index (χ4v) is 12.0. The molecule has 0 unspecified atom stereocenters. The number of amides is 3. The monoisotopic (exact) mass is 789 g/mol. The van der Waals surface area contributed by atoms with Crippen LogP contribution in [0.15, 0.2) is 60.9 Å². The summed E-state index contributed by atoms with van der Waals surface area (Å²) in [5, 5.41) is 5.27. The van der Waals surface area contributed by atoms with E-state index >= 15 is 0 Å². The number of thiazole rings is 2. The van der Waals surface area contributed by atoms with E-state index in [4.69, 9.17) is 9.97 Å². The molecule has 2 aliphatic heterocycles. The third kappa shape index (κ3) is 8.24. The first-order valence-corrected chi connectivity index (χ1v) is 23.1. The van der Waals surface area contributed by atoms with Gasteiger partial charge in [-0.05, 0) is 98.3 Å². The van der Waals surface area contributed by atoms with Gasteiger partial charge in [0.15, 0.2) is 0 Å². The molecule has 3 atom stereocenters. The minimum absolute atomic E-state index is 0.0385. The first-order chi connectivity index (χ1) is 27.5. The topological polar surface area (TPSA) is 95.5 Å².